The van der Waals surface area contributed by atoms with Crippen molar-refractivity contribution < 1.29 is 13.2 Å². The first-order chi connectivity index (χ1) is 15.4. The molecule has 1 aliphatic rings. The Morgan fingerprint density at radius 3 is 2.59 bits per heavy atom. The number of amides is 1. The molecule has 0 radical (unpaired) electrons. The van der Waals surface area contributed by atoms with Crippen molar-refractivity contribution in [2.75, 3.05) is 29.9 Å². The van der Waals surface area contributed by atoms with Gasteiger partial charge in [-0.15, -0.1) is 0 Å². The van der Waals surface area contributed by atoms with Crippen LogP contribution in [0.4, 0.5) is 11.4 Å². The van der Waals surface area contributed by atoms with E-state index in [0.717, 1.165) is 29.5 Å². The maximum absolute atomic E-state index is 13.1. The molecule has 0 atom stereocenters. The van der Waals surface area contributed by atoms with E-state index in [4.69, 9.17) is 0 Å². The SMILES string of the molecule is CCNS(=O)(=O)c1ccc(C)c(C(=O)Nc2ccc(N3CCCCC3)c3ccncc23)c1. The second-order valence-corrected chi connectivity index (χ2v) is 9.80. The Labute approximate surface area is 188 Å². The number of benzene rings is 2. The highest BCUT2D eigenvalue weighted by atomic mass is 32.2. The van der Waals surface area contributed by atoms with Crippen LogP contribution in [-0.4, -0.2) is 38.9 Å². The molecular weight excluding hydrogens is 424 g/mol. The van der Waals surface area contributed by atoms with Crippen LogP contribution in [0.1, 0.15) is 42.1 Å². The minimum absolute atomic E-state index is 0.0714. The largest absolute Gasteiger partial charge is 0.371 e. The Balaban J connectivity index is 1.68. The van der Waals surface area contributed by atoms with E-state index in [0.29, 0.717) is 16.8 Å². The Bertz CT molecular complexity index is 1250. The third-order valence-corrected chi connectivity index (χ3v) is 7.38. The van der Waals surface area contributed by atoms with Crippen LogP contribution < -0.4 is 14.9 Å². The molecule has 1 saturated heterocycles. The molecular formula is C24H28N4O3S. The summed E-state index contributed by atoms with van der Waals surface area (Å²) in [4.78, 5) is 19.9. The van der Waals surface area contributed by atoms with Crippen LogP contribution in [0.15, 0.2) is 53.7 Å². The van der Waals surface area contributed by atoms with Crippen molar-refractivity contribution in [3.05, 3.63) is 59.9 Å². The molecule has 2 aromatic carbocycles. The smallest absolute Gasteiger partial charge is 0.255 e. The van der Waals surface area contributed by atoms with Gasteiger partial charge in [0.1, 0.15) is 0 Å². The van der Waals surface area contributed by atoms with Gasteiger partial charge in [-0.1, -0.05) is 13.0 Å². The van der Waals surface area contributed by atoms with Gasteiger partial charge in [0.15, 0.2) is 0 Å². The first-order valence-corrected chi connectivity index (χ1v) is 12.4. The van der Waals surface area contributed by atoms with Crippen molar-refractivity contribution in [2.45, 2.75) is 38.0 Å². The normalized spacial score (nSPS) is 14.5. The summed E-state index contributed by atoms with van der Waals surface area (Å²) in [5, 5.41) is 4.87. The van der Waals surface area contributed by atoms with E-state index >= 15 is 0 Å². The van der Waals surface area contributed by atoms with Crippen molar-refractivity contribution >= 4 is 38.1 Å². The number of anilines is 2. The number of fused-ring (bicyclic) bond motifs is 1. The Morgan fingerprint density at radius 1 is 1.06 bits per heavy atom. The number of aryl methyl sites for hydroxylation is 1. The minimum Gasteiger partial charge on any atom is -0.371 e. The lowest BCUT2D eigenvalue weighted by Gasteiger charge is -2.30. The van der Waals surface area contributed by atoms with E-state index in [9.17, 15) is 13.2 Å². The summed E-state index contributed by atoms with van der Waals surface area (Å²) >= 11 is 0. The summed E-state index contributed by atoms with van der Waals surface area (Å²) in [7, 11) is -3.65. The molecule has 1 fully saturated rings. The fourth-order valence-electron chi connectivity index (χ4n) is 4.17. The van der Waals surface area contributed by atoms with Crippen molar-refractivity contribution in [1.82, 2.24) is 9.71 Å². The fourth-order valence-corrected chi connectivity index (χ4v) is 5.24. The number of rotatable bonds is 6. The van der Waals surface area contributed by atoms with Gasteiger partial charge in [-0.25, -0.2) is 13.1 Å². The van der Waals surface area contributed by atoms with Crippen molar-refractivity contribution in [1.29, 1.82) is 0 Å². The van der Waals surface area contributed by atoms with Crippen LogP contribution in [0, 0.1) is 6.92 Å². The summed E-state index contributed by atoms with van der Waals surface area (Å²) in [6, 6.07) is 10.5. The first kappa shape index (κ1) is 22.2. The van der Waals surface area contributed by atoms with Gasteiger partial charge >= 0.3 is 0 Å². The zero-order valence-electron chi connectivity index (χ0n) is 18.4. The monoisotopic (exact) mass is 452 g/mol. The number of carbonyl (C=O) groups is 1. The highest BCUT2D eigenvalue weighted by Gasteiger charge is 2.19. The lowest BCUT2D eigenvalue weighted by molar-refractivity contribution is 0.102. The highest BCUT2D eigenvalue weighted by Crippen LogP contribution is 2.33. The van der Waals surface area contributed by atoms with Gasteiger partial charge in [0.2, 0.25) is 10.0 Å². The zero-order chi connectivity index (χ0) is 22.7. The number of nitrogens with one attached hydrogen (secondary N) is 2. The van der Waals surface area contributed by atoms with E-state index in [2.05, 4.69) is 19.9 Å². The van der Waals surface area contributed by atoms with Crippen LogP contribution in [0.3, 0.4) is 0 Å². The van der Waals surface area contributed by atoms with Gasteiger partial charge < -0.3 is 10.2 Å². The second kappa shape index (κ2) is 9.26. The number of hydrogen-bond donors (Lipinski definition) is 2. The molecule has 0 saturated carbocycles. The van der Waals surface area contributed by atoms with Gasteiger partial charge in [0, 0.05) is 54.1 Å². The number of sulfonamides is 1. The first-order valence-electron chi connectivity index (χ1n) is 10.9. The minimum atomic E-state index is -3.65. The molecule has 8 heteroatoms. The van der Waals surface area contributed by atoms with E-state index < -0.39 is 10.0 Å². The standard InChI is InChI=1S/C24H28N4O3S/c1-3-26-32(30,31)18-8-7-17(2)20(15-18)24(29)27-22-9-10-23(28-13-5-4-6-14-28)19-11-12-25-16-21(19)22/h7-12,15-16,26H,3-6,13-14H2,1-2H3,(H,27,29). The van der Waals surface area contributed by atoms with Crippen LogP contribution in [0.25, 0.3) is 10.8 Å². The van der Waals surface area contributed by atoms with Gasteiger partial charge in [-0.05, 0) is 62.1 Å². The van der Waals surface area contributed by atoms with Gasteiger partial charge in [0.25, 0.3) is 5.91 Å². The fraction of sp³-hybridized carbons (Fsp3) is 0.333. The topological polar surface area (TPSA) is 91.4 Å². The number of nitrogens with zero attached hydrogens (tertiary/aromatic N) is 2. The number of pyridine rings is 1. The molecule has 1 aliphatic heterocycles. The lowest BCUT2D eigenvalue weighted by atomic mass is 10.0. The molecule has 168 valence electrons. The van der Waals surface area contributed by atoms with Gasteiger partial charge in [-0.2, -0.15) is 0 Å². The maximum Gasteiger partial charge on any atom is 0.255 e. The Kier molecular flexibility index (Phi) is 6.43. The Hall–Kier alpha value is -2.97. The average Bonchev–Trinajstić information content (AvgIpc) is 2.80. The molecule has 0 bridgehead atoms. The Morgan fingerprint density at radius 2 is 1.84 bits per heavy atom. The van der Waals surface area contributed by atoms with E-state index in [1.54, 1.807) is 32.3 Å². The number of hydrogen-bond acceptors (Lipinski definition) is 5. The molecule has 0 aliphatic carbocycles. The van der Waals surface area contributed by atoms with Gasteiger partial charge in [0.05, 0.1) is 10.6 Å². The molecule has 1 aromatic heterocycles. The van der Waals surface area contributed by atoms with Crippen LogP contribution in [-0.2, 0) is 10.0 Å². The molecule has 1 amide bonds. The number of piperidine rings is 1. The van der Waals surface area contributed by atoms with Crippen molar-refractivity contribution in [3.8, 4) is 0 Å². The average molecular weight is 453 g/mol. The lowest BCUT2D eigenvalue weighted by Crippen LogP contribution is -2.29. The number of carbonyl (C=O) groups excluding carboxylic acids is 1. The second-order valence-electron chi connectivity index (χ2n) is 8.03. The molecule has 2 N–H and O–H groups in total. The zero-order valence-corrected chi connectivity index (χ0v) is 19.2. The third-order valence-electron chi connectivity index (χ3n) is 5.84. The molecule has 2 heterocycles. The van der Waals surface area contributed by atoms with Crippen molar-refractivity contribution in [2.24, 2.45) is 0 Å². The molecule has 7 nitrogen and oxygen atoms in total. The number of aromatic nitrogens is 1. The van der Waals surface area contributed by atoms with Gasteiger partial charge in [-0.3, -0.25) is 9.78 Å². The molecule has 0 unspecified atom stereocenters. The van der Waals surface area contributed by atoms with Crippen LogP contribution in [0.5, 0.6) is 0 Å². The molecule has 4 rings (SSSR count). The summed E-state index contributed by atoms with van der Waals surface area (Å²) in [6.45, 7) is 5.83. The van der Waals surface area contributed by atoms with Crippen LogP contribution >= 0.6 is 0 Å². The predicted octanol–water partition coefficient (Wildman–Crippen LogP) is 4.08. The van der Waals surface area contributed by atoms with E-state index in [1.807, 2.05) is 18.2 Å². The predicted molar refractivity (Wildman–Crippen MR) is 128 cm³/mol. The maximum atomic E-state index is 13.1. The highest BCUT2D eigenvalue weighted by molar-refractivity contribution is 7.89. The molecule has 0 spiro atoms. The molecule has 32 heavy (non-hydrogen) atoms. The van der Waals surface area contributed by atoms with E-state index in [-0.39, 0.29) is 17.3 Å². The van der Waals surface area contributed by atoms with E-state index in [1.165, 1.54) is 31.4 Å². The summed E-state index contributed by atoms with van der Waals surface area (Å²) < 4.78 is 27.2. The van der Waals surface area contributed by atoms with Crippen molar-refractivity contribution in [3.63, 3.8) is 0 Å². The summed E-state index contributed by atoms with van der Waals surface area (Å²) in [5.41, 5.74) is 2.82. The third kappa shape index (κ3) is 4.47. The van der Waals surface area contributed by atoms with Crippen LogP contribution in [0.2, 0.25) is 0 Å². The quantitative estimate of drug-likeness (QED) is 0.588. The summed E-state index contributed by atoms with van der Waals surface area (Å²) in [6.07, 6.45) is 7.14. The molecule has 3 aromatic rings. The summed E-state index contributed by atoms with van der Waals surface area (Å²) in [5.74, 6) is -0.355.